The highest BCUT2D eigenvalue weighted by atomic mass is 35.5. The van der Waals surface area contributed by atoms with E-state index in [1.54, 1.807) is 19.9 Å². The Morgan fingerprint density at radius 1 is 1.29 bits per heavy atom. The third kappa shape index (κ3) is 5.20. The van der Waals surface area contributed by atoms with Gasteiger partial charge in [-0.2, -0.15) is 0 Å². The van der Waals surface area contributed by atoms with Gasteiger partial charge >= 0.3 is 0 Å². The molecule has 0 bridgehead atoms. The van der Waals surface area contributed by atoms with Crippen molar-refractivity contribution in [3.8, 4) is 0 Å². The van der Waals surface area contributed by atoms with Crippen LogP contribution in [0.1, 0.15) is 12.7 Å². The van der Waals surface area contributed by atoms with Crippen molar-refractivity contribution < 1.29 is 14.1 Å². The van der Waals surface area contributed by atoms with Crippen molar-refractivity contribution in [1.29, 1.82) is 0 Å². The highest BCUT2D eigenvalue weighted by Gasteiger charge is 2.24. The number of piperazine rings is 1. The van der Waals surface area contributed by atoms with E-state index >= 15 is 0 Å². The van der Waals surface area contributed by atoms with E-state index in [0.717, 1.165) is 23.8 Å². The van der Waals surface area contributed by atoms with Gasteiger partial charge in [0.2, 0.25) is 11.8 Å². The Morgan fingerprint density at radius 3 is 2.64 bits per heavy atom. The summed E-state index contributed by atoms with van der Waals surface area (Å²) in [6.45, 7) is 6.29. The molecular formula is C19H23ClN4O3S. The number of aryl methyl sites for hydroxylation is 1. The number of anilines is 2. The summed E-state index contributed by atoms with van der Waals surface area (Å²) in [7, 11) is 0. The van der Waals surface area contributed by atoms with Gasteiger partial charge in [0.1, 0.15) is 5.76 Å². The number of carbonyl (C=O) groups is 2. The largest absolute Gasteiger partial charge is 0.367 e. The lowest BCUT2D eigenvalue weighted by Gasteiger charge is -2.36. The number of halogens is 1. The Kier molecular flexibility index (Phi) is 6.85. The van der Waals surface area contributed by atoms with Crippen LogP contribution in [0.2, 0.25) is 5.02 Å². The number of hydrogen-bond donors (Lipinski definition) is 1. The van der Waals surface area contributed by atoms with Crippen LogP contribution < -0.4 is 10.2 Å². The fourth-order valence-corrected chi connectivity index (χ4v) is 3.96. The Morgan fingerprint density at radius 2 is 2.00 bits per heavy atom. The normalized spacial score (nSPS) is 15.4. The molecule has 7 nitrogen and oxygen atoms in total. The molecule has 1 saturated heterocycles. The molecule has 1 N–H and O–H groups in total. The van der Waals surface area contributed by atoms with Crippen LogP contribution in [0.5, 0.6) is 0 Å². The fraction of sp³-hybridized carbons (Fsp3) is 0.421. The lowest BCUT2D eigenvalue weighted by Crippen LogP contribution is -2.49. The zero-order chi connectivity index (χ0) is 20.1. The van der Waals surface area contributed by atoms with E-state index < -0.39 is 0 Å². The first-order chi connectivity index (χ1) is 13.4. The Balaban J connectivity index is 1.43. The summed E-state index contributed by atoms with van der Waals surface area (Å²) >= 11 is 7.57. The molecule has 1 aliphatic rings. The number of rotatable bonds is 6. The maximum atomic E-state index is 12.5. The Labute approximate surface area is 173 Å². The van der Waals surface area contributed by atoms with E-state index in [2.05, 4.69) is 15.4 Å². The van der Waals surface area contributed by atoms with Crippen molar-refractivity contribution in [2.75, 3.05) is 42.1 Å². The molecule has 150 valence electrons. The topological polar surface area (TPSA) is 78.7 Å². The molecule has 2 heterocycles. The minimum Gasteiger partial charge on any atom is -0.367 e. The van der Waals surface area contributed by atoms with E-state index in [4.69, 9.17) is 16.1 Å². The summed E-state index contributed by atoms with van der Waals surface area (Å²) in [5, 5.41) is 6.78. The van der Waals surface area contributed by atoms with Gasteiger partial charge in [-0.15, -0.1) is 11.8 Å². The van der Waals surface area contributed by atoms with Crippen LogP contribution in [0.3, 0.4) is 0 Å². The summed E-state index contributed by atoms with van der Waals surface area (Å²) in [6.07, 6.45) is 0. The number of carbonyl (C=O) groups excluding carboxylic acids is 2. The van der Waals surface area contributed by atoms with E-state index in [1.165, 1.54) is 11.8 Å². The maximum absolute atomic E-state index is 12.5. The summed E-state index contributed by atoms with van der Waals surface area (Å²) in [5.41, 5.74) is 0.999. The number of amides is 2. The molecule has 1 aromatic carbocycles. The number of thioether (sulfide) groups is 1. The summed E-state index contributed by atoms with van der Waals surface area (Å²) in [4.78, 5) is 28.7. The quantitative estimate of drug-likeness (QED) is 0.770. The highest BCUT2D eigenvalue weighted by Crippen LogP contribution is 2.26. The van der Waals surface area contributed by atoms with Crippen LogP contribution in [0.25, 0.3) is 0 Å². The zero-order valence-electron chi connectivity index (χ0n) is 15.9. The second kappa shape index (κ2) is 9.34. The average molecular weight is 423 g/mol. The Bertz CT molecular complexity index is 836. The van der Waals surface area contributed by atoms with Gasteiger partial charge < -0.3 is 19.6 Å². The molecule has 2 amide bonds. The van der Waals surface area contributed by atoms with Gasteiger partial charge in [-0.05, 0) is 26.0 Å². The number of hydrogen-bond acceptors (Lipinski definition) is 6. The van der Waals surface area contributed by atoms with Crippen LogP contribution >= 0.6 is 23.4 Å². The Hall–Kier alpha value is -2.19. The van der Waals surface area contributed by atoms with E-state index in [-0.39, 0.29) is 22.8 Å². The lowest BCUT2D eigenvalue weighted by molar-refractivity contribution is -0.128. The lowest BCUT2D eigenvalue weighted by atomic mass is 10.2. The molecule has 0 radical (unpaired) electrons. The molecule has 1 atom stereocenters. The number of benzene rings is 1. The first-order valence-corrected chi connectivity index (χ1v) is 10.5. The van der Waals surface area contributed by atoms with Crippen LogP contribution in [-0.2, 0) is 9.59 Å². The number of nitrogens with zero attached hydrogens (tertiary/aromatic N) is 3. The zero-order valence-corrected chi connectivity index (χ0v) is 17.4. The maximum Gasteiger partial charge on any atom is 0.238 e. The fourth-order valence-electron chi connectivity index (χ4n) is 2.92. The van der Waals surface area contributed by atoms with Crippen molar-refractivity contribution in [3.05, 3.63) is 41.1 Å². The molecule has 0 spiro atoms. The number of aromatic nitrogens is 1. The molecule has 9 heteroatoms. The van der Waals surface area contributed by atoms with Crippen molar-refractivity contribution in [3.63, 3.8) is 0 Å². The first kappa shape index (κ1) is 20.5. The monoisotopic (exact) mass is 422 g/mol. The molecule has 28 heavy (non-hydrogen) atoms. The standard InChI is InChI=1S/C19H23ClN4O3S/c1-13-11-17(22-27-13)21-19(26)14(2)28-12-18(25)24-9-7-23(8-10-24)16-6-4-3-5-15(16)20/h3-6,11,14H,7-10,12H2,1-2H3,(H,21,22,26)/t14-/m0/s1. The van der Waals surface area contributed by atoms with E-state index in [9.17, 15) is 9.59 Å². The van der Waals surface area contributed by atoms with Crippen LogP contribution in [0.4, 0.5) is 11.5 Å². The smallest absolute Gasteiger partial charge is 0.238 e. The number of para-hydroxylation sites is 1. The average Bonchev–Trinajstić information content (AvgIpc) is 3.11. The molecule has 0 saturated carbocycles. The van der Waals surface area contributed by atoms with Gasteiger partial charge in [-0.1, -0.05) is 28.9 Å². The molecule has 0 aliphatic carbocycles. The molecule has 1 aliphatic heterocycles. The molecular weight excluding hydrogens is 400 g/mol. The molecule has 3 rings (SSSR count). The SMILES string of the molecule is Cc1cc(NC(=O)[C@H](C)SCC(=O)N2CCN(c3ccccc3Cl)CC2)no1. The highest BCUT2D eigenvalue weighted by molar-refractivity contribution is 8.01. The van der Waals surface area contributed by atoms with Crippen LogP contribution in [0.15, 0.2) is 34.9 Å². The van der Waals surface area contributed by atoms with Crippen molar-refractivity contribution in [1.82, 2.24) is 10.1 Å². The van der Waals surface area contributed by atoms with E-state index in [0.29, 0.717) is 24.7 Å². The van der Waals surface area contributed by atoms with Gasteiger partial charge in [0, 0.05) is 32.2 Å². The van der Waals surface area contributed by atoms with Crippen LogP contribution in [-0.4, -0.2) is 59.1 Å². The van der Waals surface area contributed by atoms with Gasteiger partial charge in [-0.25, -0.2) is 0 Å². The van der Waals surface area contributed by atoms with Crippen LogP contribution in [0, 0.1) is 6.92 Å². The van der Waals surface area contributed by atoms with Gasteiger partial charge in [0.15, 0.2) is 5.82 Å². The minimum absolute atomic E-state index is 0.0424. The predicted molar refractivity (Wildman–Crippen MR) is 112 cm³/mol. The second-order valence-corrected chi connectivity index (χ2v) is 8.32. The molecule has 1 aromatic heterocycles. The second-order valence-electron chi connectivity index (χ2n) is 6.58. The third-order valence-corrected chi connectivity index (χ3v) is 5.98. The summed E-state index contributed by atoms with van der Waals surface area (Å²) in [5.74, 6) is 1.12. The predicted octanol–water partition coefficient (Wildman–Crippen LogP) is 3.05. The van der Waals surface area contributed by atoms with Gasteiger partial charge in [0.05, 0.1) is 21.7 Å². The molecule has 0 unspecified atom stereocenters. The third-order valence-electron chi connectivity index (χ3n) is 4.53. The van der Waals surface area contributed by atoms with Gasteiger partial charge in [0.25, 0.3) is 0 Å². The van der Waals surface area contributed by atoms with E-state index in [1.807, 2.05) is 29.2 Å². The first-order valence-electron chi connectivity index (χ1n) is 9.07. The molecule has 2 aromatic rings. The molecule has 1 fully saturated rings. The summed E-state index contributed by atoms with van der Waals surface area (Å²) in [6, 6.07) is 9.38. The van der Waals surface area contributed by atoms with Crippen molar-refractivity contribution in [2.24, 2.45) is 0 Å². The van der Waals surface area contributed by atoms with Crippen molar-refractivity contribution in [2.45, 2.75) is 19.1 Å². The van der Waals surface area contributed by atoms with Gasteiger partial charge in [-0.3, -0.25) is 9.59 Å². The minimum atomic E-state index is -0.370. The summed E-state index contributed by atoms with van der Waals surface area (Å²) < 4.78 is 4.93. The van der Waals surface area contributed by atoms with Crippen molar-refractivity contribution >= 4 is 46.7 Å². The number of nitrogens with one attached hydrogen (secondary N) is 1.